The molecule has 1 atom stereocenters. The molecule has 1 N–H and O–H groups in total. The predicted octanol–water partition coefficient (Wildman–Crippen LogP) is 3.75. The van der Waals surface area contributed by atoms with Crippen molar-refractivity contribution in [3.05, 3.63) is 34.4 Å². The first-order chi connectivity index (χ1) is 9.35. The molecule has 1 aliphatic heterocycles. The van der Waals surface area contributed by atoms with Crippen molar-refractivity contribution < 1.29 is 0 Å². The fourth-order valence-electron chi connectivity index (χ4n) is 3.79. The van der Waals surface area contributed by atoms with Crippen molar-refractivity contribution in [2.75, 3.05) is 20.1 Å². The second-order valence-electron chi connectivity index (χ2n) is 7.02. The summed E-state index contributed by atoms with van der Waals surface area (Å²) in [4.78, 5) is 2.65. The molecule has 2 rings (SSSR count). The maximum Gasteiger partial charge on any atom is 0.0452 e. The van der Waals surface area contributed by atoms with E-state index in [1.807, 2.05) is 0 Å². The van der Waals surface area contributed by atoms with Crippen LogP contribution in [0.15, 0.2) is 12.1 Å². The van der Waals surface area contributed by atoms with Gasteiger partial charge in [-0.25, -0.2) is 0 Å². The molecule has 0 aliphatic carbocycles. The van der Waals surface area contributed by atoms with Crippen molar-refractivity contribution in [3.8, 4) is 0 Å². The van der Waals surface area contributed by atoms with Crippen LogP contribution in [0.1, 0.15) is 55.0 Å². The van der Waals surface area contributed by atoms with Crippen LogP contribution in [0.25, 0.3) is 0 Å². The van der Waals surface area contributed by atoms with Gasteiger partial charge in [-0.05, 0) is 77.7 Å². The smallest absolute Gasteiger partial charge is 0.0452 e. The van der Waals surface area contributed by atoms with Gasteiger partial charge in [0.2, 0.25) is 0 Å². The van der Waals surface area contributed by atoms with Gasteiger partial charge in [0, 0.05) is 18.1 Å². The van der Waals surface area contributed by atoms with Gasteiger partial charge in [0.25, 0.3) is 0 Å². The van der Waals surface area contributed by atoms with Gasteiger partial charge in [-0.3, -0.25) is 4.90 Å². The van der Waals surface area contributed by atoms with Gasteiger partial charge < -0.3 is 5.32 Å². The topological polar surface area (TPSA) is 15.3 Å². The van der Waals surface area contributed by atoms with Crippen LogP contribution < -0.4 is 5.32 Å². The molecule has 0 spiro atoms. The van der Waals surface area contributed by atoms with E-state index < -0.39 is 0 Å². The third kappa shape index (κ3) is 3.07. The lowest BCUT2D eigenvalue weighted by Gasteiger charge is -2.35. The van der Waals surface area contributed by atoms with Crippen LogP contribution in [0.2, 0.25) is 0 Å². The zero-order valence-corrected chi connectivity index (χ0v) is 14.0. The highest BCUT2D eigenvalue weighted by molar-refractivity contribution is 5.40. The first kappa shape index (κ1) is 15.5. The Morgan fingerprint density at radius 3 is 2.25 bits per heavy atom. The second-order valence-corrected chi connectivity index (χ2v) is 7.02. The minimum absolute atomic E-state index is 0.349. The SMILES string of the molecule is CNC(CN1CCCC1(C)C)c1c(C)cc(C)cc1C. The summed E-state index contributed by atoms with van der Waals surface area (Å²) >= 11 is 0. The number of rotatable bonds is 4. The van der Waals surface area contributed by atoms with Crippen molar-refractivity contribution in [3.63, 3.8) is 0 Å². The zero-order valence-electron chi connectivity index (χ0n) is 14.0. The number of likely N-dealkylation sites (N-methyl/N-ethyl adjacent to an activating group) is 1. The maximum atomic E-state index is 3.54. The minimum Gasteiger partial charge on any atom is -0.312 e. The van der Waals surface area contributed by atoms with E-state index in [-0.39, 0.29) is 0 Å². The summed E-state index contributed by atoms with van der Waals surface area (Å²) in [7, 11) is 2.09. The van der Waals surface area contributed by atoms with E-state index in [0.717, 1.165) is 6.54 Å². The van der Waals surface area contributed by atoms with Gasteiger partial charge >= 0.3 is 0 Å². The van der Waals surface area contributed by atoms with E-state index >= 15 is 0 Å². The quantitative estimate of drug-likeness (QED) is 0.899. The van der Waals surface area contributed by atoms with Crippen LogP contribution in [0.3, 0.4) is 0 Å². The Labute approximate surface area is 124 Å². The van der Waals surface area contributed by atoms with E-state index in [1.165, 1.54) is 41.6 Å². The molecule has 20 heavy (non-hydrogen) atoms. The summed E-state index contributed by atoms with van der Waals surface area (Å²) in [6.07, 6.45) is 2.64. The standard InChI is InChI=1S/C18H30N2/c1-13-10-14(2)17(15(3)11-13)16(19-6)12-20-9-7-8-18(20,4)5/h10-11,16,19H,7-9,12H2,1-6H3. The molecular formula is C18H30N2. The van der Waals surface area contributed by atoms with E-state index in [9.17, 15) is 0 Å². The monoisotopic (exact) mass is 274 g/mol. The molecular weight excluding hydrogens is 244 g/mol. The average molecular weight is 274 g/mol. The highest BCUT2D eigenvalue weighted by atomic mass is 15.2. The Hall–Kier alpha value is -0.860. The number of aryl methyl sites for hydroxylation is 3. The van der Waals surface area contributed by atoms with Crippen LogP contribution in [0.5, 0.6) is 0 Å². The molecule has 0 amide bonds. The summed E-state index contributed by atoms with van der Waals surface area (Å²) < 4.78 is 0. The maximum absolute atomic E-state index is 3.54. The van der Waals surface area contributed by atoms with Crippen LogP contribution in [-0.4, -0.2) is 30.6 Å². The Bertz CT molecular complexity index is 453. The first-order valence-electron chi connectivity index (χ1n) is 7.85. The van der Waals surface area contributed by atoms with Crippen molar-refractivity contribution in [1.82, 2.24) is 10.2 Å². The van der Waals surface area contributed by atoms with E-state index in [2.05, 4.69) is 64.0 Å². The van der Waals surface area contributed by atoms with Crippen LogP contribution >= 0.6 is 0 Å². The number of likely N-dealkylation sites (tertiary alicyclic amines) is 1. The summed E-state index contributed by atoms with van der Waals surface area (Å²) in [5.41, 5.74) is 6.03. The minimum atomic E-state index is 0.349. The number of benzene rings is 1. The van der Waals surface area contributed by atoms with Crippen LogP contribution in [-0.2, 0) is 0 Å². The van der Waals surface area contributed by atoms with Gasteiger partial charge in [-0.1, -0.05) is 17.7 Å². The van der Waals surface area contributed by atoms with Gasteiger partial charge in [0.1, 0.15) is 0 Å². The lowest BCUT2D eigenvalue weighted by molar-refractivity contribution is 0.158. The molecule has 1 aromatic rings. The Morgan fingerprint density at radius 2 is 1.80 bits per heavy atom. The molecule has 2 heteroatoms. The number of nitrogens with one attached hydrogen (secondary N) is 1. The fourth-order valence-corrected chi connectivity index (χ4v) is 3.79. The Morgan fingerprint density at radius 1 is 1.20 bits per heavy atom. The first-order valence-corrected chi connectivity index (χ1v) is 7.85. The number of nitrogens with zero attached hydrogens (tertiary/aromatic N) is 1. The van der Waals surface area contributed by atoms with Crippen molar-refractivity contribution in [2.24, 2.45) is 0 Å². The largest absolute Gasteiger partial charge is 0.312 e. The lowest BCUT2D eigenvalue weighted by Crippen LogP contribution is -2.43. The van der Waals surface area contributed by atoms with E-state index in [0.29, 0.717) is 11.6 Å². The second kappa shape index (κ2) is 5.87. The highest BCUT2D eigenvalue weighted by Crippen LogP contribution is 2.32. The Balaban J connectivity index is 2.25. The van der Waals surface area contributed by atoms with E-state index in [4.69, 9.17) is 0 Å². The number of hydrogen-bond acceptors (Lipinski definition) is 2. The average Bonchev–Trinajstić information content (AvgIpc) is 2.66. The van der Waals surface area contributed by atoms with E-state index in [1.54, 1.807) is 0 Å². The summed E-state index contributed by atoms with van der Waals surface area (Å²) in [6, 6.07) is 5.04. The molecule has 0 saturated carbocycles. The van der Waals surface area contributed by atoms with Gasteiger partial charge in [-0.15, -0.1) is 0 Å². The van der Waals surface area contributed by atoms with Gasteiger partial charge in [0.15, 0.2) is 0 Å². The molecule has 1 fully saturated rings. The lowest BCUT2D eigenvalue weighted by atomic mass is 9.93. The molecule has 2 nitrogen and oxygen atoms in total. The summed E-state index contributed by atoms with van der Waals surface area (Å²) in [5, 5.41) is 3.54. The highest BCUT2D eigenvalue weighted by Gasteiger charge is 2.33. The molecule has 0 radical (unpaired) electrons. The third-order valence-electron chi connectivity index (χ3n) is 4.91. The summed E-state index contributed by atoms with van der Waals surface area (Å²) in [5.74, 6) is 0. The van der Waals surface area contributed by atoms with Gasteiger partial charge in [0.05, 0.1) is 0 Å². The number of hydrogen-bond donors (Lipinski definition) is 1. The summed E-state index contributed by atoms with van der Waals surface area (Å²) in [6.45, 7) is 13.8. The van der Waals surface area contributed by atoms with Gasteiger partial charge in [-0.2, -0.15) is 0 Å². The third-order valence-corrected chi connectivity index (χ3v) is 4.91. The predicted molar refractivity (Wildman–Crippen MR) is 87.3 cm³/mol. The molecule has 0 bridgehead atoms. The van der Waals surface area contributed by atoms with Crippen LogP contribution in [0.4, 0.5) is 0 Å². The molecule has 112 valence electrons. The van der Waals surface area contributed by atoms with Crippen molar-refractivity contribution in [1.29, 1.82) is 0 Å². The molecule has 1 unspecified atom stereocenters. The zero-order chi connectivity index (χ0) is 14.9. The molecule has 1 saturated heterocycles. The van der Waals surface area contributed by atoms with Crippen molar-refractivity contribution in [2.45, 2.75) is 59.0 Å². The normalized spacial score (nSPS) is 20.3. The molecule has 1 heterocycles. The molecule has 0 aromatic heterocycles. The van der Waals surface area contributed by atoms with Crippen LogP contribution in [0, 0.1) is 20.8 Å². The fraction of sp³-hybridized carbons (Fsp3) is 0.667. The molecule has 1 aromatic carbocycles. The Kier molecular flexibility index (Phi) is 4.55. The molecule has 1 aliphatic rings. The van der Waals surface area contributed by atoms with Crippen molar-refractivity contribution >= 4 is 0 Å².